The molecule has 0 spiro atoms. The van der Waals surface area contributed by atoms with Crippen molar-refractivity contribution in [1.82, 2.24) is 10.6 Å². The molecule has 1 saturated carbocycles. The van der Waals surface area contributed by atoms with Crippen LogP contribution in [0.1, 0.15) is 30.7 Å². The number of hydrogen-bond donors (Lipinski definition) is 2. The zero-order valence-electron chi connectivity index (χ0n) is 12.0. The minimum absolute atomic E-state index is 0.519. The monoisotopic (exact) mass is 269 g/mol. The fourth-order valence-electron chi connectivity index (χ4n) is 2.93. The molecule has 3 nitrogen and oxygen atoms in total. The van der Waals surface area contributed by atoms with Crippen LogP contribution in [0.5, 0.6) is 0 Å². The van der Waals surface area contributed by atoms with E-state index < -0.39 is 0 Å². The highest BCUT2D eigenvalue weighted by molar-refractivity contribution is 5.80. The van der Waals surface area contributed by atoms with Crippen molar-refractivity contribution in [3.05, 3.63) is 48.0 Å². The van der Waals surface area contributed by atoms with Gasteiger partial charge in [0.15, 0.2) is 5.96 Å². The third-order valence-electron chi connectivity index (χ3n) is 4.25. The Labute approximate surface area is 121 Å². The van der Waals surface area contributed by atoms with Gasteiger partial charge in [0.1, 0.15) is 0 Å². The van der Waals surface area contributed by atoms with E-state index in [0.29, 0.717) is 6.04 Å². The lowest BCUT2D eigenvalue weighted by atomic mass is 10.1. The summed E-state index contributed by atoms with van der Waals surface area (Å²) in [6.45, 7) is 1.01. The van der Waals surface area contributed by atoms with E-state index >= 15 is 0 Å². The SMILES string of the molecule is CN=C(NCC1CC1c1ccccc1)NC1CC=CC1. The maximum absolute atomic E-state index is 4.32. The van der Waals surface area contributed by atoms with Gasteiger partial charge in [0.2, 0.25) is 0 Å². The molecule has 1 aromatic carbocycles. The number of aliphatic imine (C=N–C) groups is 1. The normalized spacial score (nSPS) is 25.8. The van der Waals surface area contributed by atoms with E-state index in [2.05, 4.69) is 58.1 Å². The Morgan fingerprint density at radius 1 is 1.20 bits per heavy atom. The van der Waals surface area contributed by atoms with Crippen molar-refractivity contribution in [2.24, 2.45) is 10.9 Å². The Morgan fingerprint density at radius 2 is 1.95 bits per heavy atom. The van der Waals surface area contributed by atoms with E-state index in [1.807, 2.05) is 7.05 Å². The van der Waals surface area contributed by atoms with Gasteiger partial charge in [-0.1, -0.05) is 42.5 Å². The largest absolute Gasteiger partial charge is 0.356 e. The van der Waals surface area contributed by atoms with Gasteiger partial charge in [-0.25, -0.2) is 0 Å². The number of benzene rings is 1. The molecule has 2 aliphatic rings. The van der Waals surface area contributed by atoms with Crippen LogP contribution in [-0.2, 0) is 0 Å². The van der Waals surface area contributed by atoms with E-state index in [9.17, 15) is 0 Å². The van der Waals surface area contributed by atoms with Crippen LogP contribution in [0.2, 0.25) is 0 Å². The van der Waals surface area contributed by atoms with E-state index in [-0.39, 0.29) is 0 Å². The molecule has 106 valence electrons. The van der Waals surface area contributed by atoms with Crippen LogP contribution in [0.25, 0.3) is 0 Å². The molecule has 0 amide bonds. The predicted octanol–water partition coefficient (Wildman–Crippen LogP) is 2.67. The van der Waals surface area contributed by atoms with Gasteiger partial charge in [-0.15, -0.1) is 0 Å². The van der Waals surface area contributed by atoms with Gasteiger partial charge in [0.05, 0.1) is 0 Å². The van der Waals surface area contributed by atoms with E-state index in [1.165, 1.54) is 12.0 Å². The Balaban J connectivity index is 1.43. The number of rotatable bonds is 4. The van der Waals surface area contributed by atoms with Crippen molar-refractivity contribution in [3.63, 3.8) is 0 Å². The summed E-state index contributed by atoms with van der Waals surface area (Å²) < 4.78 is 0. The molecule has 3 rings (SSSR count). The second kappa shape index (κ2) is 6.12. The standard InChI is InChI=1S/C17H23N3/c1-18-17(20-15-9-5-6-10-15)19-12-14-11-16(14)13-7-3-2-4-8-13/h2-8,14-16H,9-12H2,1H3,(H2,18,19,20). The van der Waals surface area contributed by atoms with E-state index in [0.717, 1.165) is 37.2 Å². The number of hydrogen-bond acceptors (Lipinski definition) is 1. The average Bonchev–Trinajstić information content (AvgIpc) is 3.10. The fourth-order valence-corrected chi connectivity index (χ4v) is 2.93. The van der Waals surface area contributed by atoms with Crippen molar-refractivity contribution >= 4 is 5.96 Å². The third-order valence-corrected chi connectivity index (χ3v) is 4.25. The second-order valence-electron chi connectivity index (χ2n) is 5.75. The van der Waals surface area contributed by atoms with Crippen molar-refractivity contribution in [3.8, 4) is 0 Å². The highest BCUT2D eigenvalue weighted by Crippen LogP contribution is 2.46. The molecule has 0 radical (unpaired) electrons. The predicted molar refractivity (Wildman–Crippen MR) is 83.9 cm³/mol. The van der Waals surface area contributed by atoms with Crippen LogP contribution in [0.15, 0.2) is 47.5 Å². The maximum atomic E-state index is 4.32. The first-order valence-electron chi connectivity index (χ1n) is 7.54. The summed E-state index contributed by atoms with van der Waals surface area (Å²) in [5, 5.41) is 6.95. The molecular weight excluding hydrogens is 246 g/mol. The summed E-state index contributed by atoms with van der Waals surface area (Å²) in [5.74, 6) is 2.42. The molecule has 1 fully saturated rings. The summed E-state index contributed by atoms with van der Waals surface area (Å²) >= 11 is 0. The van der Waals surface area contributed by atoms with Gasteiger partial charge < -0.3 is 10.6 Å². The number of guanidine groups is 1. The first-order chi connectivity index (χ1) is 9.86. The smallest absolute Gasteiger partial charge is 0.191 e. The van der Waals surface area contributed by atoms with Gasteiger partial charge in [-0.05, 0) is 36.7 Å². The van der Waals surface area contributed by atoms with Crippen molar-refractivity contribution < 1.29 is 0 Å². The zero-order valence-corrected chi connectivity index (χ0v) is 12.0. The molecule has 2 aliphatic carbocycles. The van der Waals surface area contributed by atoms with E-state index in [1.54, 1.807) is 0 Å². The summed E-state index contributed by atoms with van der Waals surface area (Å²) in [4.78, 5) is 4.32. The maximum Gasteiger partial charge on any atom is 0.191 e. The van der Waals surface area contributed by atoms with Crippen LogP contribution in [-0.4, -0.2) is 25.6 Å². The van der Waals surface area contributed by atoms with Crippen LogP contribution >= 0.6 is 0 Å². The lowest BCUT2D eigenvalue weighted by molar-refractivity contribution is 0.624. The molecule has 2 N–H and O–H groups in total. The molecule has 1 aromatic rings. The summed E-state index contributed by atoms with van der Waals surface area (Å²) in [7, 11) is 1.85. The third kappa shape index (κ3) is 3.21. The number of nitrogens with zero attached hydrogens (tertiary/aromatic N) is 1. The van der Waals surface area contributed by atoms with Crippen LogP contribution in [0.3, 0.4) is 0 Å². The topological polar surface area (TPSA) is 36.4 Å². The van der Waals surface area contributed by atoms with Crippen LogP contribution in [0, 0.1) is 5.92 Å². The molecule has 2 unspecified atom stereocenters. The Morgan fingerprint density at radius 3 is 2.65 bits per heavy atom. The quantitative estimate of drug-likeness (QED) is 0.501. The fraction of sp³-hybridized carbons (Fsp3) is 0.471. The molecule has 0 bridgehead atoms. The van der Waals surface area contributed by atoms with Crippen molar-refractivity contribution in [2.75, 3.05) is 13.6 Å². The Bertz CT molecular complexity index is 484. The lowest BCUT2D eigenvalue weighted by Crippen LogP contribution is -2.43. The molecule has 2 atom stereocenters. The Hall–Kier alpha value is -1.77. The lowest BCUT2D eigenvalue weighted by Gasteiger charge is -2.16. The van der Waals surface area contributed by atoms with Gasteiger partial charge in [0, 0.05) is 19.6 Å². The molecule has 3 heteroatoms. The van der Waals surface area contributed by atoms with E-state index in [4.69, 9.17) is 0 Å². The second-order valence-corrected chi connectivity index (χ2v) is 5.75. The highest BCUT2D eigenvalue weighted by Gasteiger charge is 2.37. The highest BCUT2D eigenvalue weighted by atomic mass is 15.2. The number of nitrogens with one attached hydrogen (secondary N) is 2. The molecule has 0 aliphatic heterocycles. The first kappa shape index (κ1) is 13.2. The van der Waals surface area contributed by atoms with Crippen molar-refractivity contribution in [1.29, 1.82) is 0 Å². The van der Waals surface area contributed by atoms with Crippen molar-refractivity contribution in [2.45, 2.75) is 31.2 Å². The summed E-state index contributed by atoms with van der Waals surface area (Å²) in [5.41, 5.74) is 1.47. The van der Waals surface area contributed by atoms with Gasteiger partial charge >= 0.3 is 0 Å². The van der Waals surface area contributed by atoms with Crippen LogP contribution < -0.4 is 10.6 Å². The Kier molecular flexibility index (Phi) is 4.05. The van der Waals surface area contributed by atoms with Gasteiger partial charge in [0.25, 0.3) is 0 Å². The molecule has 0 saturated heterocycles. The van der Waals surface area contributed by atoms with Crippen LogP contribution in [0.4, 0.5) is 0 Å². The minimum Gasteiger partial charge on any atom is -0.356 e. The minimum atomic E-state index is 0.519. The summed E-state index contributed by atoms with van der Waals surface area (Å²) in [6.07, 6.45) is 7.97. The molecule has 20 heavy (non-hydrogen) atoms. The van der Waals surface area contributed by atoms with Gasteiger partial charge in [-0.2, -0.15) is 0 Å². The average molecular weight is 269 g/mol. The molecular formula is C17H23N3. The molecule has 0 aromatic heterocycles. The molecule has 0 heterocycles. The van der Waals surface area contributed by atoms with Gasteiger partial charge in [-0.3, -0.25) is 4.99 Å². The summed E-state index contributed by atoms with van der Waals surface area (Å²) in [6, 6.07) is 11.3. The first-order valence-corrected chi connectivity index (χ1v) is 7.54. The zero-order chi connectivity index (χ0) is 13.8.